The largest absolute Gasteiger partial charge is 0.487 e. The number of nitrogens with zero attached hydrogens (tertiary/aromatic N) is 1. The van der Waals surface area contributed by atoms with E-state index < -0.39 is 22.0 Å². The molecular weight excluding hydrogens is 528 g/mol. The number of carbonyl (C=O) groups excluding carboxylic acids is 1. The molecule has 2 aromatic carbocycles. The minimum atomic E-state index is -4.01. The van der Waals surface area contributed by atoms with Gasteiger partial charge in [0, 0.05) is 29.1 Å². The second-order valence-corrected chi connectivity index (χ2v) is 12.2. The highest BCUT2D eigenvalue weighted by Gasteiger charge is 2.37. The number of amides is 1. The Kier molecular flexibility index (Phi) is 8.28. The first-order chi connectivity index (χ1) is 18.3. The maximum Gasteiger partial charge on any atom is 0.265 e. The fourth-order valence-corrected chi connectivity index (χ4v) is 6.43. The normalized spacial score (nSPS) is 26.8. The third-order valence-electron chi connectivity index (χ3n) is 7.68. The van der Waals surface area contributed by atoms with E-state index >= 15 is 0 Å². The van der Waals surface area contributed by atoms with Crippen molar-refractivity contribution in [2.75, 3.05) is 31.2 Å². The Bertz CT molecular complexity index is 1310. The lowest BCUT2D eigenvalue weighted by molar-refractivity contribution is -0.0366. The highest BCUT2D eigenvalue weighted by atomic mass is 35.5. The van der Waals surface area contributed by atoms with Gasteiger partial charge in [0.05, 0.1) is 25.0 Å². The maximum atomic E-state index is 12.9. The summed E-state index contributed by atoms with van der Waals surface area (Å²) in [5, 5.41) is 12.4. The molecular formula is C28H33ClN2O6S. The van der Waals surface area contributed by atoms with Gasteiger partial charge in [-0.3, -0.25) is 4.79 Å². The van der Waals surface area contributed by atoms with Crippen LogP contribution >= 0.6 is 11.6 Å². The number of anilines is 1. The zero-order chi connectivity index (χ0) is 26.7. The summed E-state index contributed by atoms with van der Waals surface area (Å²) in [5.74, 6) is 0.268. The van der Waals surface area contributed by atoms with Gasteiger partial charge in [-0.15, -0.1) is 0 Å². The zero-order valence-electron chi connectivity index (χ0n) is 21.1. The molecule has 2 aliphatic heterocycles. The van der Waals surface area contributed by atoms with Gasteiger partial charge in [0.1, 0.15) is 12.4 Å². The second-order valence-electron chi connectivity index (χ2n) is 10.2. The average molecular weight is 561 g/mol. The Labute approximate surface area is 228 Å². The van der Waals surface area contributed by atoms with E-state index in [1.165, 1.54) is 6.08 Å². The van der Waals surface area contributed by atoms with Crippen LogP contribution in [0.15, 0.2) is 47.9 Å². The Morgan fingerprint density at radius 3 is 2.76 bits per heavy atom. The highest BCUT2D eigenvalue weighted by Crippen LogP contribution is 2.40. The molecule has 1 fully saturated rings. The lowest BCUT2D eigenvalue weighted by atomic mass is 9.70. The van der Waals surface area contributed by atoms with Crippen molar-refractivity contribution in [1.29, 1.82) is 0 Å². The second kappa shape index (κ2) is 11.7. The summed E-state index contributed by atoms with van der Waals surface area (Å²) < 4.78 is 38.8. The van der Waals surface area contributed by atoms with Gasteiger partial charge >= 0.3 is 0 Å². The highest BCUT2D eigenvalue weighted by molar-refractivity contribution is 7.92. The summed E-state index contributed by atoms with van der Waals surface area (Å²) in [5.41, 5.74) is 3.19. The molecule has 2 heterocycles. The summed E-state index contributed by atoms with van der Waals surface area (Å²) >= 11 is 6.27. The van der Waals surface area contributed by atoms with Gasteiger partial charge in [-0.1, -0.05) is 17.7 Å². The molecule has 1 aliphatic carbocycles. The number of aliphatic hydroxyl groups excluding tert-OH is 1. The quantitative estimate of drug-likeness (QED) is 0.501. The molecule has 3 aliphatic rings. The number of rotatable bonds is 0. The predicted octanol–water partition coefficient (Wildman–Crippen LogP) is 4.05. The van der Waals surface area contributed by atoms with E-state index in [4.69, 9.17) is 21.1 Å². The van der Waals surface area contributed by atoms with Crippen LogP contribution in [0.3, 0.4) is 0 Å². The van der Waals surface area contributed by atoms with Crippen molar-refractivity contribution >= 4 is 33.2 Å². The van der Waals surface area contributed by atoms with Gasteiger partial charge in [-0.25, -0.2) is 13.1 Å². The van der Waals surface area contributed by atoms with Gasteiger partial charge in [0.2, 0.25) is 0 Å². The summed E-state index contributed by atoms with van der Waals surface area (Å²) in [6.07, 6.45) is 5.34. The van der Waals surface area contributed by atoms with Crippen LogP contribution in [0.2, 0.25) is 5.02 Å². The average Bonchev–Trinajstić information content (AvgIpc) is 2.88. The van der Waals surface area contributed by atoms with Crippen molar-refractivity contribution in [3.63, 3.8) is 0 Å². The molecule has 0 radical (unpaired) electrons. The van der Waals surface area contributed by atoms with Crippen LogP contribution in [0.4, 0.5) is 5.69 Å². The van der Waals surface area contributed by atoms with Crippen LogP contribution in [0.25, 0.3) is 0 Å². The third kappa shape index (κ3) is 6.34. The van der Waals surface area contributed by atoms with E-state index in [2.05, 4.69) is 9.62 Å². The lowest BCUT2D eigenvalue weighted by Gasteiger charge is -2.43. The fourth-order valence-electron chi connectivity index (χ4n) is 5.46. The van der Waals surface area contributed by atoms with E-state index in [0.717, 1.165) is 60.9 Å². The fraction of sp³-hybridized carbons (Fsp3) is 0.464. The number of hydrogen-bond donors (Lipinski definition) is 2. The molecule has 0 saturated heterocycles. The summed E-state index contributed by atoms with van der Waals surface area (Å²) in [6.45, 7) is 1.93. The minimum Gasteiger partial charge on any atom is -0.487 e. The number of nitrogens with one attached hydrogen (secondary N) is 1. The Morgan fingerprint density at radius 1 is 1.08 bits per heavy atom. The number of ether oxygens (including phenoxy) is 2. The van der Waals surface area contributed by atoms with E-state index in [0.29, 0.717) is 23.9 Å². The molecule has 5 rings (SSSR count). The molecule has 0 unspecified atom stereocenters. The Morgan fingerprint density at radius 2 is 1.95 bits per heavy atom. The first kappa shape index (κ1) is 27.0. The van der Waals surface area contributed by atoms with Gasteiger partial charge in [-0.05, 0) is 91.5 Å². The number of hydrogen-bond acceptors (Lipinski definition) is 7. The standard InChI is InChI=1S/C28H33ClN2O6S/c29-23-8-5-22-17-37-27-10-7-20-15-25(27)31(11-2-1-4-19(22)14-23)16-21-6-9-24(21)26(32)18-36-12-3-13-38(34,35)30-28(20)33/h3,5,7-8,10,13-15,21,24,26,32H,1-2,4,6,9,11-12,16-18H2,(H,30,33)/b13-3+/t21-,24+,26-/m0/s1. The molecule has 8 nitrogen and oxygen atoms in total. The maximum absolute atomic E-state index is 12.9. The number of sulfonamides is 1. The van der Waals surface area contributed by atoms with Gasteiger partial charge in [-0.2, -0.15) is 0 Å². The molecule has 2 N–H and O–H groups in total. The van der Waals surface area contributed by atoms with Crippen molar-refractivity contribution in [1.82, 2.24) is 4.72 Å². The number of benzene rings is 2. The molecule has 38 heavy (non-hydrogen) atoms. The Hall–Kier alpha value is -2.59. The van der Waals surface area contributed by atoms with Crippen LogP contribution < -0.4 is 14.4 Å². The number of fused-ring (bicyclic) bond motifs is 3. The topological polar surface area (TPSA) is 105 Å². The van der Waals surface area contributed by atoms with Crippen LogP contribution in [0, 0.1) is 11.8 Å². The molecule has 2 bridgehead atoms. The predicted molar refractivity (Wildman–Crippen MR) is 146 cm³/mol. The number of aliphatic hydroxyl groups is 1. The third-order valence-corrected chi connectivity index (χ3v) is 8.93. The number of carbonyl (C=O) groups is 1. The Balaban J connectivity index is 1.52. The van der Waals surface area contributed by atoms with E-state index in [1.54, 1.807) is 18.2 Å². The van der Waals surface area contributed by atoms with E-state index in [1.807, 2.05) is 18.2 Å². The van der Waals surface area contributed by atoms with Crippen molar-refractivity contribution in [3.8, 4) is 5.75 Å². The molecule has 3 atom stereocenters. The molecule has 1 saturated carbocycles. The zero-order valence-corrected chi connectivity index (χ0v) is 22.7. The van der Waals surface area contributed by atoms with Crippen LogP contribution in [-0.2, 0) is 27.8 Å². The SMILES string of the molecule is O=C1NS(=O)(=O)/C=C/COC[C@H](O)[C@@H]2CC[C@H]2CN2CCCCc3cc(Cl)ccc3COc3ccc1cc32. The van der Waals surface area contributed by atoms with Crippen LogP contribution in [0.1, 0.15) is 47.2 Å². The molecule has 0 aromatic heterocycles. The lowest BCUT2D eigenvalue weighted by Crippen LogP contribution is -2.45. The summed E-state index contributed by atoms with van der Waals surface area (Å²) in [7, 11) is -4.01. The molecule has 10 heteroatoms. The van der Waals surface area contributed by atoms with Crippen LogP contribution in [-0.4, -0.2) is 51.8 Å². The van der Waals surface area contributed by atoms with Gasteiger partial charge < -0.3 is 19.5 Å². The van der Waals surface area contributed by atoms with Crippen molar-refractivity contribution < 1.29 is 27.8 Å². The van der Waals surface area contributed by atoms with E-state index in [9.17, 15) is 18.3 Å². The molecule has 204 valence electrons. The van der Waals surface area contributed by atoms with Crippen LogP contribution in [0.5, 0.6) is 5.75 Å². The van der Waals surface area contributed by atoms with Gasteiger partial charge in [0.15, 0.2) is 0 Å². The number of halogens is 1. The van der Waals surface area contributed by atoms with E-state index in [-0.39, 0.29) is 30.6 Å². The van der Waals surface area contributed by atoms with Crippen molar-refractivity contribution in [2.24, 2.45) is 11.8 Å². The summed E-state index contributed by atoms with van der Waals surface area (Å²) in [4.78, 5) is 15.2. The first-order valence-corrected chi connectivity index (χ1v) is 15.0. The first-order valence-electron chi connectivity index (χ1n) is 13.1. The number of aryl methyl sites for hydroxylation is 1. The molecule has 0 spiro atoms. The molecule has 2 aromatic rings. The summed E-state index contributed by atoms with van der Waals surface area (Å²) in [6, 6.07) is 10.9. The van der Waals surface area contributed by atoms with Crippen molar-refractivity contribution in [2.45, 2.75) is 44.8 Å². The monoisotopic (exact) mass is 560 g/mol. The van der Waals surface area contributed by atoms with Gasteiger partial charge in [0.25, 0.3) is 15.9 Å². The molecule has 1 amide bonds. The minimum absolute atomic E-state index is 0.0272. The van der Waals surface area contributed by atoms with Crippen molar-refractivity contribution in [3.05, 3.63) is 69.6 Å². The smallest absolute Gasteiger partial charge is 0.265 e.